The Morgan fingerprint density at radius 1 is 1.08 bits per heavy atom. The fourth-order valence-electron chi connectivity index (χ4n) is 3.60. The summed E-state index contributed by atoms with van der Waals surface area (Å²) in [6.45, 7) is 4.63. The van der Waals surface area contributed by atoms with Gasteiger partial charge in [-0.05, 0) is 43.7 Å². The van der Waals surface area contributed by atoms with Crippen molar-refractivity contribution in [1.82, 2.24) is 14.3 Å². The first-order chi connectivity index (χ1) is 17.1. The number of benzene rings is 2. The monoisotopic (exact) mass is 551 g/mol. The third-order valence-corrected chi connectivity index (χ3v) is 9.28. The molecule has 0 radical (unpaired) electrons. The van der Waals surface area contributed by atoms with Crippen molar-refractivity contribution in [1.29, 1.82) is 0 Å². The lowest BCUT2D eigenvalue weighted by Crippen LogP contribution is -2.40. The van der Waals surface area contributed by atoms with Crippen LogP contribution in [0.15, 0.2) is 53.6 Å². The number of nitrogens with zero attached hydrogens (tertiary/aromatic N) is 3. The fourth-order valence-corrected chi connectivity index (χ4v) is 6.16. The number of hydrogen-bond donors (Lipinski definition) is 2. The number of halogens is 1. The van der Waals surface area contributed by atoms with Gasteiger partial charge in [-0.1, -0.05) is 23.7 Å². The molecule has 0 amide bonds. The molecule has 2 aromatic carbocycles. The topological polar surface area (TPSA) is 123 Å². The van der Waals surface area contributed by atoms with E-state index < -0.39 is 17.2 Å². The number of hydrogen-bond acceptors (Lipinski definition) is 9. The second-order valence-electron chi connectivity index (χ2n) is 8.39. The Balaban J connectivity index is 1.63. The van der Waals surface area contributed by atoms with Gasteiger partial charge in [-0.15, -0.1) is 0 Å². The number of sulfonamides is 1. The number of para-hydroxylation sites is 1. The number of nitrogens with one attached hydrogen (secondary N) is 2. The van der Waals surface area contributed by atoms with Crippen molar-refractivity contribution in [2.45, 2.75) is 4.90 Å². The van der Waals surface area contributed by atoms with Crippen LogP contribution in [0.25, 0.3) is 0 Å². The van der Waals surface area contributed by atoms with Crippen molar-refractivity contribution in [3.05, 3.63) is 53.7 Å². The maximum Gasteiger partial charge on any atom is 0.245 e. The highest BCUT2D eigenvalue weighted by molar-refractivity contribution is 7.89. The summed E-state index contributed by atoms with van der Waals surface area (Å²) in [5, 5.41) is 7.01. The van der Waals surface area contributed by atoms with Crippen molar-refractivity contribution in [3.8, 4) is 5.75 Å². The first-order valence-electron chi connectivity index (χ1n) is 11.1. The summed E-state index contributed by atoms with van der Waals surface area (Å²) in [5.41, 5.74) is 0.900. The standard InChI is InChI=1S/C23H27ClN5O5PS/c1-33-20-14-16(35(2,3)30)8-9-18(20)27-23-25-15-17(24)22(28-23)26-19-6-4-5-7-21(19)36(31,32)29-10-12-34-13-11-29/h4-9,14-15H,10-13H2,1-3H3,(H2,25,26,27,28). The quantitative estimate of drug-likeness (QED) is 0.401. The molecular weight excluding hydrogens is 525 g/mol. The molecule has 0 bridgehead atoms. The molecule has 0 aliphatic carbocycles. The summed E-state index contributed by atoms with van der Waals surface area (Å²) in [6.07, 6.45) is 1.41. The van der Waals surface area contributed by atoms with Crippen LogP contribution in [0.2, 0.25) is 5.02 Å². The third-order valence-electron chi connectivity index (χ3n) is 5.53. The largest absolute Gasteiger partial charge is 0.495 e. The van der Waals surface area contributed by atoms with Gasteiger partial charge in [0.15, 0.2) is 5.82 Å². The molecule has 1 fully saturated rings. The van der Waals surface area contributed by atoms with Crippen LogP contribution in [-0.4, -0.2) is 69.4 Å². The number of morpholine rings is 1. The van der Waals surface area contributed by atoms with E-state index in [4.69, 9.17) is 21.1 Å². The SMILES string of the molecule is COc1cc(P(C)(C)=O)ccc1Nc1ncc(Cl)c(Nc2ccccc2S(=O)(=O)N2CCOCC2)n1. The van der Waals surface area contributed by atoms with Gasteiger partial charge in [-0.25, -0.2) is 13.4 Å². The van der Waals surface area contributed by atoms with E-state index in [-0.39, 0.29) is 34.8 Å². The van der Waals surface area contributed by atoms with Crippen LogP contribution in [0.4, 0.5) is 23.1 Å². The maximum absolute atomic E-state index is 13.3. The molecule has 1 aliphatic heterocycles. The highest BCUT2D eigenvalue weighted by atomic mass is 35.5. The van der Waals surface area contributed by atoms with Crippen LogP contribution in [0.3, 0.4) is 0 Å². The van der Waals surface area contributed by atoms with Crippen LogP contribution in [-0.2, 0) is 19.3 Å². The molecule has 1 saturated heterocycles. The molecule has 2 N–H and O–H groups in total. The van der Waals surface area contributed by atoms with E-state index in [0.29, 0.717) is 35.6 Å². The minimum atomic E-state index is -3.76. The molecule has 10 nitrogen and oxygen atoms in total. The lowest BCUT2D eigenvalue weighted by Gasteiger charge is -2.27. The molecule has 4 rings (SSSR count). The Morgan fingerprint density at radius 3 is 2.50 bits per heavy atom. The smallest absolute Gasteiger partial charge is 0.245 e. The van der Waals surface area contributed by atoms with E-state index in [1.807, 2.05) is 0 Å². The van der Waals surface area contributed by atoms with Crippen LogP contribution >= 0.6 is 18.7 Å². The van der Waals surface area contributed by atoms with Crippen LogP contribution in [0, 0.1) is 0 Å². The van der Waals surface area contributed by atoms with Crippen molar-refractivity contribution in [2.75, 3.05) is 57.4 Å². The Labute approximate surface area is 215 Å². The molecule has 0 spiro atoms. The Morgan fingerprint density at radius 2 is 1.81 bits per heavy atom. The molecule has 0 atom stereocenters. The Bertz CT molecular complexity index is 1410. The van der Waals surface area contributed by atoms with E-state index in [1.54, 1.807) is 49.7 Å². The highest BCUT2D eigenvalue weighted by Crippen LogP contribution is 2.38. The predicted molar refractivity (Wildman–Crippen MR) is 142 cm³/mol. The first-order valence-corrected chi connectivity index (χ1v) is 15.5. The molecule has 0 unspecified atom stereocenters. The molecular formula is C23H27ClN5O5PS. The Hall–Kier alpha value is -2.69. The molecule has 0 saturated carbocycles. The number of anilines is 4. The minimum Gasteiger partial charge on any atom is -0.495 e. The van der Waals surface area contributed by atoms with Crippen molar-refractivity contribution < 1.29 is 22.5 Å². The summed E-state index contributed by atoms with van der Waals surface area (Å²) >= 11 is 6.35. The zero-order chi connectivity index (χ0) is 25.9. The fraction of sp³-hybridized carbons (Fsp3) is 0.304. The zero-order valence-electron chi connectivity index (χ0n) is 20.1. The predicted octanol–water partition coefficient (Wildman–Crippen LogP) is 3.89. The van der Waals surface area contributed by atoms with E-state index in [2.05, 4.69) is 20.6 Å². The van der Waals surface area contributed by atoms with Gasteiger partial charge in [0.05, 0.1) is 37.9 Å². The molecule has 36 heavy (non-hydrogen) atoms. The lowest BCUT2D eigenvalue weighted by molar-refractivity contribution is 0.0730. The molecule has 13 heteroatoms. The van der Waals surface area contributed by atoms with Crippen LogP contribution in [0.5, 0.6) is 5.75 Å². The molecule has 1 aromatic heterocycles. The summed E-state index contributed by atoms with van der Waals surface area (Å²) in [6, 6.07) is 11.8. The summed E-state index contributed by atoms with van der Waals surface area (Å²) in [7, 11) is -4.71. The maximum atomic E-state index is 13.3. The number of methoxy groups -OCH3 is 1. The van der Waals surface area contributed by atoms with E-state index in [9.17, 15) is 13.0 Å². The molecule has 192 valence electrons. The average molecular weight is 552 g/mol. The van der Waals surface area contributed by atoms with Gasteiger partial charge in [0.1, 0.15) is 22.8 Å². The number of ether oxygens (including phenoxy) is 2. The van der Waals surface area contributed by atoms with Gasteiger partial charge >= 0.3 is 0 Å². The van der Waals surface area contributed by atoms with Crippen LogP contribution in [0.1, 0.15) is 0 Å². The number of rotatable bonds is 8. The van der Waals surface area contributed by atoms with Gasteiger partial charge in [0.25, 0.3) is 0 Å². The Kier molecular flexibility index (Phi) is 7.87. The zero-order valence-corrected chi connectivity index (χ0v) is 22.5. The average Bonchev–Trinajstić information content (AvgIpc) is 2.86. The summed E-state index contributed by atoms with van der Waals surface area (Å²) in [5.74, 6) is 0.907. The van der Waals surface area contributed by atoms with Gasteiger partial charge in [-0.2, -0.15) is 9.29 Å². The highest BCUT2D eigenvalue weighted by Gasteiger charge is 2.28. The van der Waals surface area contributed by atoms with Gasteiger partial charge < -0.3 is 24.7 Å². The molecule has 1 aliphatic rings. The van der Waals surface area contributed by atoms with Gasteiger partial charge in [-0.3, -0.25) is 0 Å². The van der Waals surface area contributed by atoms with Gasteiger partial charge in [0, 0.05) is 18.4 Å². The van der Waals surface area contributed by atoms with Gasteiger partial charge in [0.2, 0.25) is 16.0 Å². The van der Waals surface area contributed by atoms with E-state index in [0.717, 1.165) is 0 Å². The normalized spacial score (nSPS) is 14.9. The van der Waals surface area contributed by atoms with Crippen LogP contribution < -0.4 is 20.7 Å². The molecule has 3 aromatic rings. The van der Waals surface area contributed by atoms with E-state index >= 15 is 0 Å². The summed E-state index contributed by atoms with van der Waals surface area (Å²) in [4.78, 5) is 8.77. The second kappa shape index (κ2) is 10.7. The second-order valence-corrected chi connectivity index (χ2v) is 13.9. The van der Waals surface area contributed by atoms with E-state index in [1.165, 1.54) is 23.7 Å². The lowest BCUT2D eigenvalue weighted by atomic mass is 10.3. The molecule has 2 heterocycles. The summed E-state index contributed by atoms with van der Waals surface area (Å²) < 4.78 is 51.1. The van der Waals surface area contributed by atoms with Crippen molar-refractivity contribution in [3.63, 3.8) is 0 Å². The number of aromatic nitrogens is 2. The third kappa shape index (κ3) is 5.82. The first kappa shape index (κ1) is 26.4. The van der Waals surface area contributed by atoms with Crippen molar-refractivity contribution >= 4 is 57.2 Å². The minimum absolute atomic E-state index is 0.108. The van der Waals surface area contributed by atoms with Crippen molar-refractivity contribution in [2.24, 2.45) is 0 Å².